The van der Waals surface area contributed by atoms with Crippen LogP contribution in [0.4, 0.5) is 0 Å². The van der Waals surface area contributed by atoms with E-state index in [1.807, 2.05) is 12.1 Å². The first-order valence-electron chi connectivity index (χ1n) is 5.34. The van der Waals surface area contributed by atoms with E-state index in [0.717, 1.165) is 15.2 Å². The highest BCUT2D eigenvalue weighted by Gasteiger charge is 2.16. The standard InChI is InChI=1S/C12H12ClNO3S/c1-7(17-11(15)6-16-2)12-14-9-5-8(13)3-4-10(9)18-12/h3-5,7H,6H2,1-2H3/t7-/m1/s1. The Kier molecular flexibility index (Phi) is 4.16. The molecule has 0 saturated heterocycles. The van der Waals surface area contributed by atoms with Gasteiger partial charge < -0.3 is 9.47 Å². The number of hydrogen-bond donors (Lipinski definition) is 0. The molecule has 0 bridgehead atoms. The summed E-state index contributed by atoms with van der Waals surface area (Å²) in [5, 5.41) is 1.39. The number of halogens is 1. The second-order valence-corrected chi connectivity index (χ2v) is 5.23. The summed E-state index contributed by atoms with van der Waals surface area (Å²) < 4.78 is 10.9. The summed E-state index contributed by atoms with van der Waals surface area (Å²) in [6.07, 6.45) is -0.385. The van der Waals surface area contributed by atoms with Gasteiger partial charge >= 0.3 is 5.97 Å². The van der Waals surface area contributed by atoms with Crippen molar-refractivity contribution in [3.05, 3.63) is 28.2 Å². The summed E-state index contributed by atoms with van der Waals surface area (Å²) in [5.74, 6) is -0.401. The third-order valence-corrected chi connectivity index (χ3v) is 3.72. The SMILES string of the molecule is COCC(=O)O[C@H](C)c1nc2cc(Cl)ccc2s1. The molecule has 0 aliphatic heterocycles. The van der Waals surface area contributed by atoms with Crippen molar-refractivity contribution in [1.29, 1.82) is 0 Å². The Hall–Kier alpha value is -1.17. The van der Waals surface area contributed by atoms with Crippen molar-refractivity contribution in [2.24, 2.45) is 0 Å². The molecule has 0 aliphatic carbocycles. The summed E-state index contributed by atoms with van der Waals surface area (Å²) in [4.78, 5) is 15.7. The number of aromatic nitrogens is 1. The van der Waals surface area contributed by atoms with Gasteiger partial charge in [-0.25, -0.2) is 9.78 Å². The van der Waals surface area contributed by atoms with E-state index in [2.05, 4.69) is 4.98 Å². The number of methoxy groups -OCH3 is 1. The van der Waals surface area contributed by atoms with Crippen LogP contribution in [-0.2, 0) is 14.3 Å². The second-order valence-electron chi connectivity index (χ2n) is 3.73. The van der Waals surface area contributed by atoms with E-state index in [4.69, 9.17) is 21.1 Å². The number of carbonyl (C=O) groups excluding carboxylic acids is 1. The minimum Gasteiger partial charge on any atom is -0.454 e. The number of esters is 1. The van der Waals surface area contributed by atoms with E-state index in [-0.39, 0.29) is 12.7 Å². The number of carbonyl (C=O) groups is 1. The molecule has 6 heteroatoms. The molecule has 1 atom stereocenters. The van der Waals surface area contributed by atoms with Gasteiger partial charge in [-0.3, -0.25) is 0 Å². The van der Waals surface area contributed by atoms with Crippen LogP contribution < -0.4 is 0 Å². The first-order chi connectivity index (χ1) is 8.60. The van der Waals surface area contributed by atoms with Crippen LogP contribution in [0, 0.1) is 0 Å². The lowest BCUT2D eigenvalue weighted by Gasteiger charge is -2.09. The molecule has 0 radical (unpaired) electrons. The average molecular weight is 286 g/mol. The topological polar surface area (TPSA) is 48.4 Å². The molecule has 0 spiro atoms. The maximum absolute atomic E-state index is 11.3. The Morgan fingerprint density at radius 2 is 2.33 bits per heavy atom. The number of rotatable bonds is 4. The van der Waals surface area contributed by atoms with Crippen molar-refractivity contribution >= 4 is 39.1 Å². The van der Waals surface area contributed by atoms with Crippen LogP contribution >= 0.6 is 22.9 Å². The molecule has 0 unspecified atom stereocenters. The Morgan fingerprint density at radius 3 is 3.06 bits per heavy atom. The van der Waals surface area contributed by atoms with Gasteiger partial charge in [0, 0.05) is 12.1 Å². The number of thiazole rings is 1. The zero-order valence-corrected chi connectivity index (χ0v) is 11.5. The largest absolute Gasteiger partial charge is 0.454 e. The van der Waals surface area contributed by atoms with Crippen molar-refractivity contribution < 1.29 is 14.3 Å². The summed E-state index contributed by atoms with van der Waals surface area (Å²) in [6.45, 7) is 1.73. The molecular weight excluding hydrogens is 274 g/mol. The summed E-state index contributed by atoms with van der Waals surface area (Å²) in [5.41, 5.74) is 0.817. The summed E-state index contributed by atoms with van der Waals surface area (Å²) in [6, 6.07) is 5.51. The minimum atomic E-state index is -0.401. The maximum Gasteiger partial charge on any atom is 0.332 e. The molecule has 0 saturated carbocycles. The minimum absolute atomic E-state index is 0.0545. The Bertz CT molecular complexity index is 569. The van der Waals surface area contributed by atoms with Gasteiger partial charge in [-0.05, 0) is 25.1 Å². The molecular formula is C12H12ClNO3S. The zero-order valence-electron chi connectivity index (χ0n) is 9.97. The van der Waals surface area contributed by atoms with Crippen molar-refractivity contribution in [1.82, 2.24) is 4.98 Å². The lowest BCUT2D eigenvalue weighted by Crippen LogP contribution is -2.13. The lowest BCUT2D eigenvalue weighted by atomic mass is 10.3. The van der Waals surface area contributed by atoms with Gasteiger partial charge in [0.05, 0.1) is 10.2 Å². The third-order valence-electron chi connectivity index (χ3n) is 2.28. The summed E-state index contributed by atoms with van der Waals surface area (Å²) >= 11 is 7.38. The van der Waals surface area contributed by atoms with Crippen molar-refractivity contribution in [2.45, 2.75) is 13.0 Å². The van der Waals surface area contributed by atoms with Gasteiger partial charge in [0.2, 0.25) is 0 Å². The van der Waals surface area contributed by atoms with Gasteiger partial charge in [-0.2, -0.15) is 0 Å². The molecule has 18 heavy (non-hydrogen) atoms. The van der Waals surface area contributed by atoms with Crippen LogP contribution in [0.1, 0.15) is 18.0 Å². The molecule has 0 N–H and O–H groups in total. The maximum atomic E-state index is 11.3. The van der Waals surface area contributed by atoms with E-state index < -0.39 is 5.97 Å². The zero-order chi connectivity index (χ0) is 13.1. The van der Waals surface area contributed by atoms with Crippen LogP contribution in [-0.4, -0.2) is 24.7 Å². The molecule has 0 aliphatic rings. The summed E-state index contributed by atoms with van der Waals surface area (Å²) in [7, 11) is 1.45. The van der Waals surface area contributed by atoms with Crippen molar-refractivity contribution in [3.63, 3.8) is 0 Å². The first kappa shape index (κ1) is 13.3. The molecule has 4 nitrogen and oxygen atoms in total. The Labute approximate surface area is 113 Å². The van der Waals surface area contributed by atoms with Crippen LogP contribution in [0.2, 0.25) is 5.02 Å². The highest BCUT2D eigenvalue weighted by molar-refractivity contribution is 7.18. The number of fused-ring (bicyclic) bond motifs is 1. The monoisotopic (exact) mass is 285 g/mol. The average Bonchev–Trinajstić information content (AvgIpc) is 2.72. The van der Waals surface area contributed by atoms with Gasteiger partial charge in [-0.15, -0.1) is 11.3 Å². The Morgan fingerprint density at radius 1 is 1.56 bits per heavy atom. The van der Waals surface area contributed by atoms with E-state index in [1.54, 1.807) is 13.0 Å². The van der Waals surface area contributed by atoms with Gasteiger partial charge in [-0.1, -0.05) is 11.6 Å². The van der Waals surface area contributed by atoms with Crippen LogP contribution in [0.15, 0.2) is 18.2 Å². The molecule has 1 heterocycles. The normalized spacial score (nSPS) is 12.6. The fraction of sp³-hybridized carbons (Fsp3) is 0.333. The van der Waals surface area contributed by atoms with Gasteiger partial charge in [0.1, 0.15) is 11.6 Å². The van der Waals surface area contributed by atoms with Gasteiger partial charge in [0.25, 0.3) is 0 Å². The first-order valence-corrected chi connectivity index (χ1v) is 6.54. The Balaban J connectivity index is 2.17. The second kappa shape index (κ2) is 5.65. The highest BCUT2D eigenvalue weighted by Crippen LogP contribution is 2.29. The van der Waals surface area contributed by atoms with Crippen LogP contribution in [0.25, 0.3) is 10.2 Å². The molecule has 0 amide bonds. The quantitative estimate of drug-likeness (QED) is 0.810. The van der Waals surface area contributed by atoms with E-state index >= 15 is 0 Å². The fourth-order valence-electron chi connectivity index (χ4n) is 1.49. The third kappa shape index (κ3) is 2.98. The molecule has 0 fully saturated rings. The van der Waals surface area contributed by atoms with Crippen LogP contribution in [0.5, 0.6) is 0 Å². The van der Waals surface area contributed by atoms with E-state index in [1.165, 1.54) is 18.4 Å². The molecule has 2 aromatic rings. The molecule has 1 aromatic heterocycles. The van der Waals surface area contributed by atoms with E-state index in [9.17, 15) is 4.79 Å². The number of ether oxygens (including phenoxy) is 2. The van der Waals surface area contributed by atoms with Gasteiger partial charge in [0.15, 0.2) is 6.10 Å². The molecule has 2 rings (SSSR count). The number of hydrogen-bond acceptors (Lipinski definition) is 5. The van der Waals surface area contributed by atoms with Crippen LogP contribution in [0.3, 0.4) is 0 Å². The van der Waals surface area contributed by atoms with Crippen molar-refractivity contribution in [2.75, 3.05) is 13.7 Å². The smallest absolute Gasteiger partial charge is 0.332 e. The van der Waals surface area contributed by atoms with Crippen molar-refractivity contribution in [3.8, 4) is 0 Å². The van der Waals surface area contributed by atoms with E-state index in [0.29, 0.717) is 5.02 Å². The molecule has 96 valence electrons. The molecule has 1 aromatic carbocycles. The fourth-order valence-corrected chi connectivity index (χ4v) is 2.59. The number of nitrogens with zero attached hydrogens (tertiary/aromatic N) is 1. The number of benzene rings is 1. The highest BCUT2D eigenvalue weighted by atomic mass is 35.5. The predicted molar refractivity (Wildman–Crippen MR) is 71.0 cm³/mol. The lowest BCUT2D eigenvalue weighted by molar-refractivity contribution is -0.152. The predicted octanol–water partition coefficient (Wildman–Crippen LogP) is 3.20.